The molecule has 0 aliphatic carbocycles. The summed E-state index contributed by atoms with van der Waals surface area (Å²) in [6.45, 7) is 4.27. The summed E-state index contributed by atoms with van der Waals surface area (Å²) in [6.07, 6.45) is 3.70. The van der Waals surface area contributed by atoms with Crippen molar-refractivity contribution in [3.05, 3.63) is 17.4 Å². The quantitative estimate of drug-likeness (QED) is 0.649. The van der Waals surface area contributed by atoms with Crippen LogP contribution in [0.3, 0.4) is 0 Å². The molecule has 11 heavy (non-hydrogen) atoms. The Hall–Kier alpha value is -0.900. The molecule has 0 aromatic carbocycles. The Balaban J connectivity index is 2.58. The van der Waals surface area contributed by atoms with Gasteiger partial charge in [0.05, 0.1) is 0 Å². The maximum atomic E-state index is 4.34. The van der Waals surface area contributed by atoms with Crippen LogP contribution in [0.2, 0.25) is 0 Å². The second kappa shape index (κ2) is 2.30. The maximum absolute atomic E-state index is 4.34. The monoisotopic (exact) mass is 167 g/mol. The van der Waals surface area contributed by atoms with E-state index in [1.165, 1.54) is 0 Å². The van der Waals surface area contributed by atoms with Gasteiger partial charge in [0.1, 0.15) is 5.01 Å². The van der Waals surface area contributed by atoms with E-state index in [2.05, 4.69) is 23.8 Å². The number of hydrogen-bond donors (Lipinski definition) is 0. The fraction of sp³-hybridized carbons (Fsp3) is 0.429. The normalized spacial score (nSPS) is 11.5. The van der Waals surface area contributed by atoms with E-state index in [4.69, 9.17) is 0 Å². The van der Waals surface area contributed by atoms with Crippen LogP contribution in [0.25, 0.3) is 5.78 Å². The first-order valence-corrected chi connectivity index (χ1v) is 4.35. The summed E-state index contributed by atoms with van der Waals surface area (Å²) in [4.78, 5) is 8.43. The molecule has 0 bridgehead atoms. The molecule has 2 aromatic rings. The van der Waals surface area contributed by atoms with E-state index in [1.54, 1.807) is 17.7 Å². The molecule has 0 saturated carbocycles. The lowest BCUT2D eigenvalue weighted by Crippen LogP contribution is -1.83. The highest BCUT2D eigenvalue weighted by atomic mass is 32.1. The first-order chi connectivity index (χ1) is 5.27. The number of rotatable bonds is 1. The Kier molecular flexibility index (Phi) is 1.42. The zero-order valence-electron chi connectivity index (χ0n) is 6.48. The first-order valence-electron chi connectivity index (χ1n) is 3.57. The van der Waals surface area contributed by atoms with Crippen LogP contribution < -0.4 is 0 Å². The molecule has 3 nitrogen and oxygen atoms in total. The smallest absolute Gasteiger partial charge is 0.237 e. The Morgan fingerprint density at radius 2 is 2.36 bits per heavy atom. The van der Waals surface area contributed by atoms with Crippen molar-refractivity contribution in [2.24, 2.45) is 0 Å². The standard InChI is InChI=1S/C7H9N3S/c1-5(2)6-9-7-8-3-4-10(7)11-6/h3-5H,1-2H3. The molecule has 2 aromatic heterocycles. The Bertz CT molecular complexity index is 332. The van der Waals surface area contributed by atoms with E-state index >= 15 is 0 Å². The number of fused-ring (bicyclic) bond motifs is 1. The maximum Gasteiger partial charge on any atom is 0.244 e. The molecule has 0 aliphatic heterocycles. The predicted molar refractivity (Wildman–Crippen MR) is 45.0 cm³/mol. The number of nitrogens with zero attached hydrogens (tertiary/aromatic N) is 3. The van der Waals surface area contributed by atoms with Crippen molar-refractivity contribution in [3.8, 4) is 0 Å². The van der Waals surface area contributed by atoms with Gasteiger partial charge in [-0.1, -0.05) is 13.8 Å². The van der Waals surface area contributed by atoms with E-state index in [0.717, 1.165) is 10.8 Å². The van der Waals surface area contributed by atoms with Gasteiger partial charge >= 0.3 is 0 Å². The van der Waals surface area contributed by atoms with Gasteiger partial charge in [-0.3, -0.25) is 0 Å². The van der Waals surface area contributed by atoms with Crippen molar-refractivity contribution in [3.63, 3.8) is 0 Å². The van der Waals surface area contributed by atoms with Gasteiger partial charge in [0, 0.05) is 18.3 Å². The molecule has 0 unspecified atom stereocenters. The molecule has 58 valence electrons. The zero-order valence-corrected chi connectivity index (χ0v) is 7.30. The summed E-state index contributed by atoms with van der Waals surface area (Å²) in [7, 11) is 0. The van der Waals surface area contributed by atoms with Gasteiger partial charge in [-0.2, -0.15) is 0 Å². The molecule has 0 radical (unpaired) electrons. The molecule has 4 heteroatoms. The SMILES string of the molecule is CC(C)c1nc2nccn2s1. The minimum atomic E-state index is 0.502. The Labute approximate surface area is 68.9 Å². The van der Waals surface area contributed by atoms with Crippen molar-refractivity contribution in [2.45, 2.75) is 19.8 Å². The van der Waals surface area contributed by atoms with E-state index in [9.17, 15) is 0 Å². The van der Waals surface area contributed by atoms with Crippen molar-refractivity contribution in [1.82, 2.24) is 13.8 Å². The van der Waals surface area contributed by atoms with Crippen LogP contribution in [0.15, 0.2) is 12.4 Å². The summed E-state index contributed by atoms with van der Waals surface area (Å²) in [6, 6.07) is 0. The molecule has 2 rings (SSSR count). The highest BCUT2D eigenvalue weighted by Gasteiger charge is 2.06. The fourth-order valence-electron chi connectivity index (χ4n) is 0.888. The van der Waals surface area contributed by atoms with Gasteiger partial charge in [-0.25, -0.2) is 13.8 Å². The lowest BCUT2D eigenvalue weighted by atomic mass is 10.2. The zero-order chi connectivity index (χ0) is 7.84. The number of hydrogen-bond acceptors (Lipinski definition) is 3. The summed E-state index contributed by atoms with van der Waals surface area (Å²) >= 11 is 1.66. The van der Waals surface area contributed by atoms with E-state index in [1.807, 2.05) is 9.99 Å². The Morgan fingerprint density at radius 3 is 3.00 bits per heavy atom. The lowest BCUT2D eigenvalue weighted by Gasteiger charge is -1.93. The lowest BCUT2D eigenvalue weighted by molar-refractivity contribution is 0.855. The molecule has 2 heterocycles. The second-order valence-corrected chi connectivity index (χ2v) is 3.74. The van der Waals surface area contributed by atoms with Crippen LogP contribution >= 0.6 is 11.5 Å². The van der Waals surface area contributed by atoms with Crippen molar-refractivity contribution in [2.75, 3.05) is 0 Å². The van der Waals surface area contributed by atoms with Crippen LogP contribution in [-0.4, -0.2) is 13.8 Å². The minimum absolute atomic E-state index is 0.502. The average Bonchev–Trinajstić information content (AvgIpc) is 2.40. The molecular weight excluding hydrogens is 158 g/mol. The van der Waals surface area contributed by atoms with Crippen LogP contribution in [0, 0.1) is 0 Å². The molecule has 0 saturated heterocycles. The molecule has 0 atom stereocenters. The van der Waals surface area contributed by atoms with Crippen LogP contribution in [0.4, 0.5) is 0 Å². The average molecular weight is 167 g/mol. The van der Waals surface area contributed by atoms with Gasteiger partial charge in [-0.15, -0.1) is 0 Å². The van der Waals surface area contributed by atoms with Crippen LogP contribution in [-0.2, 0) is 0 Å². The highest BCUT2D eigenvalue weighted by molar-refractivity contribution is 7.06. The predicted octanol–water partition coefficient (Wildman–Crippen LogP) is 1.91. The first kappa shape index (κ1) is 6.79. The summed E-state index contributed by atoms with van der Waals surface area (Å²) in [5.74, 6) is 1.32. The molecule has 0 amide bonds. The van der Waals surface area contributed by atoms with Crippen molar-refractivity contribution in [1.29, 1.82) is 0 Å². The van der Waals surface area contributed by atoms with Gasteiger partial charge in [0.15, 0.2) is 0 Å². The van der Waals surface area contributed by atoms with Gasteiger partial charge < -0.3 is 0 Å². The second-order valence-electron chi connectivity index (χ2n) is 2.75. The van der Waals surface area contributed by atoms with Gasteiger partial charge in [0.25, 0.3) is 0 Å². The molecular formula is C7H9N3S. The van der Waals surface area contributed by atoms with Crippen molar-refractivity contribution < 1.29 is 0 Å². The number of imidazole rings is 1. The van der Waals surface area contributed by atoms with Crippen LogP contribution in [0.1, 0.15) is 24.8 Å². The van der Waals surface area contributed by atoms with Crippen molar-refractivity contribution >= 4 is 17.3 Å². The van der Waals surface area contributed by atoms with Gasteiger partial charge in [-0.05, 0) is 11.5 Å². The van der Waals surface area contributed by atoms with Gasteiger partial charge in [0.2, 0.25) is 5.78 Å². The van der Waals surface area contributed by atoms with E-state index in [-0.39, 0.29) is 0 Å². The summed E-state index contributed by atoms with van der Waals surface area (Å²) in [5, 5.41) is 1.15. The largest absolute Gasteiger partial charge is 0.244 e. The Morgan fingerprint density at radius 1 is 1.55 bits per heavy atom. The third kappa shape index (κ3) is 1.03. The third-order valence-corrected chi connectivity index (χ3v) is 2.72. The highest BCUT2D eigenvalue weighted by Crippen LogP contribution is 2.18. The van der Waals surface area contributed by atoms with E-state index < -0.39 is 0 Å². The topological polar surface area (TPSA) is 30.2 Å². The third-order valence-electron chi connectivity index (χ3n) is 1.49. The number of aromatic nitrogens is 3. The molecule has 0 N–H and O–H groups in total. The minimum Gasteiger partial charge on any atom is -0.237 e. The summed E-state index contributed by atoms with van der Waals surface area (Å²) < 4.78 is 1.98. The molecule has 0 spiro atoms. The van der Waals surface area contributed by atoms with Crippen LogP contribution in [0.5, 0.6) is 0 Å². The van der Waals surface area contributed by atoms with E-state index in [0.29, 0.717) is 5.92 Å². The molecule has 0 fully saturated rings. The molecule has 0 aliphatic rings. The fourth-order valence-corrected chi connectivity index (χ4v) is 1.71. The summed E-state index contributed by atoms with van der Waals surface area (Å²) in [5.41, 5.74) is 0.